The Labute approximate surface area is 227 Å². The van der Waals surface area contributed by atoms with Crippen molar-refractivity contribution in [3.05, 3.63) is 77.9 Å². The number of hydrogen-bond donors (Lipinski definition) is 1. The standard InChI is InChI=1S/C30H32N2O7/c1-19(2)17-38-29(36)21-12-14-22(15-13-21)31-26(33)18-39-30(37)25(16-20-8-4-3-5-9-20)32-27(34)23-10-6-7-11-24(23)28(32)35/h3-9,12-15,19,23-25H,10-11,16-18H2,1-2H3,(H,31,33)/t23-,24-,25-/m0/s1. The van der Waals surface area contributed by atoms with Crippen LogP contribution in [0.1, 0.15) is 42.6 Å². The van der Waals surface area contributed by atoms with Crippen molar-refractivity contribution in [2.75, 3.05) is 18.5 Å². The van der Waals surface area contributed by atoms with Gasteiger partial charge in [0.1, 0.15) is 6.04 Å². The summed E-state index contributed by atoms with van der Waals surface area (Å²) in [5.74, 6) is -3.41. The van der Waals surface area contributed by atoms with Crippen LogP contribution >= 0.6 is 0 Å². The molecule has 39 heavy (non-hydrogen) atoms. The minimum atomic E-state index is -1.18. The van der Waals surface area contributed by atoms with Crippen LogP contribution in [0.2, 0.25) is 0 Å². The number of allylic oxidation sites excluding steroid dienone is 2. The van der Waals surface area contributed by atoms with Gasteiger partial charge in [-0.05, 0) is 48.6 Å². The largest absolute Gasteiger partial charge is 0.462 e. The van der Waals surface area contributed by atoms with E-state index in [4.69, 9.17) is 9.47 Å². The highest BCUT2D eigenvalue weighted by atomic mass is 16.5. The molecule has 9 nitrogen and oxygen atoms in total. The molecule has 0 saturated carbocycles. The van der Waals surface area contributed by atoms with Gasteiger partial charge in [-0.3, -0.25) is 19.3 Å². The Balaban J connectivity index is 1.39. The number of benzene rings is 2. The molecule has 1 aliphatic carbocycles. The SMILES string of the molecule is CC(C)COC(=O)c1ccc(NC(=O)COC(=O)[C@H](Cc2ccccc2)N2C(=O)[C@H]3CC=CC[C@@H]3C2=O)cc1. The second-order valence-electron chi connectivity index (χ2n) is 10.1. The Morgan fingerprint density at radius 3 is 2.10 bits per heavy atom. The minimum absolute atomic E-state index is 0.0833. The molecule has 3 atom stereocenters. The zero-order valence-corrected chi connectivity index (χ0v) is 22.0. The Morgan fingerprint density at radius 2 is 1.51 bits per heavy atom. The van der Waals surface area contributed by atoms with Gasteiger partial charge < -0.3 is 14.8 Å². The van der Waals surface area contributed by atoms with Crippen molar-refractivity contribution in [3.63, 3.8) is 0 Å². The Kier molecular flexibility index (Phi) is 8.91. The summed E-state index contributed by atoms with van der Waals surface area (Å²) in [7, 11) is 0. The van der Waals surface area contributed by atoms with E-state index in [9.17, 15) is 24.0 Å². The Hall–Kier alpha value is -4.27. The molecule has 2 aromatic rings. The quantitative estimate of drug-likeness (QED) is 0.282. The molecule has 204 valence electrons. The van der Waals surface area contributed by atoms with Gasteiger partial charge in [0.05, 0.1) is 24.0 Å². The van der Waals surface area contributed by atoms with E-state index in [0.717, 1.165) is 10.5 Å². The molecule has 1 fully saturated rings. The lowest BCUT2D eigenvalue weighted by Gasteiger charge is -2.25. The lowest BCUT2D eigenvalue weighted by molar-refractivity contribution is -0.159. The lowest BCUT2D eigenvalue weighted by atomic mass is 9.85. The first kappa shape index (κ1) is 27.8. The van der Waals surface area contributed by atoms with Crippen molar-refractivity contribution in [1.29, 1.82) is 0 Å². The summed E-state index contributed by atoms with van der Waals surface area (Å²) in [6.07, 6.45) is 4.75. The summed E-state index contributed by atoms with van der Waals surface area (Å²) < 4.78 is 10.5. The zero-order chi connectivity index (χ0) is 27.9. The van der Waals surface area contributed by atoms with E-state index >= 15 is 0 Å². The van der Waals surface area contributed by atoms with Gasteiger partial charge in [-0.1, -0.05) is 56.3 Å². The van der Waals surface area contributed by atoms with Crippen molar-refractivity contribution < 1.29 is 33.4 Å². The maximum atomic E-state index is 13.2. The van der Waals surface area contributed by atoms with Gasteiger partial charge >= 0.3 is 11.9 Å². The summed E-state index contributed by atoms with van der Waals surface area (Å²) in [5, 5.41) is 2.61. The Morgan fingerprint density at radius 1 is 0.897 bits per heavy atom. The molecule has 9 heteroatoms. The topological polar surface area (TPSA) is 119 Å². The minimum Gasteiger partial charge on any atom is -0.462 e. The molecule has 0 aromatic heterocycles. The second-order valence-corrected chi connectivity index (χ2v) is 10.1. The smallest absolute Gasteiger partial charge is 0.338 e. The number of imide groups is 1. The predicted octanol–water partition coefficient (Wildman–Crippen LogP) is 3.54. The van der Waals surface area contributed by atoms with Crippen LogP contribution in [0.5, 0.6) is 0 Å². The number of carbonyl (C=O) groups is 5. The van der Waals surface area contributed by atoms with Crippen LogP contribution in [0.4, 0.5) is 5.69 Å². The first-order chi connectivity index (χ1) is 18.7. The van der Waals surface area contributed by atoms with E-state index in [2.05, 4.69) is 5.32 Å². The van der Waals surface area contributed by atoms with E-state index in [1.807, 2.05) is 32.1 Å². The van der Waals surface area contributed by atoms with Gasteiger partial charge in [0.25, 0.3) is 5.91 Å². The molecule has 1 saturated heterocycles. The fourth-order valence-electron chi connectivity index (χ4n) is 4.70. The summed E-state index contributed by atoms with van der Waals surface area (Å²) in [5.41, 5.74) is 1.50. The molecule has 1 aliphatic heterocycles. The lowest BCUT2D eigenvalue weighted by Crippen LogP contribution is -2.48. The number of fused-ring (bicyclic) bond motifs is 1. The number of rotatable bonds is 10. The number of carbonyl (C=O) groups excluding carboxylic acids is 5. The maximum absolute atomic E-state index is 13.2. The number of amides is 3. The van der Waals surface area contributed by atoms with Crippen LogP contribution in [0.25, 0.3) is 0 Å². The van der Waals surface area contributed by atoms with Crippen molar-refractivity contribution in [2.45, 2.75) is 39.2 Å². The number of likely N-dealkylation sites (tertiary alicyclic amines) is 1. The average Bonchev–Trinajstić information content (AvgIpc) is 3.19. The molecule has 2 aromatic carbocycles. The highest BCUT2D eigenvalue weighted by Crippen LogP contribution is 2.36. The molecule has 4 rings (SSSR count). The summed E-state index contributed by atoms with van der Waals surface area (Å²) in [6.45, 7) is 3.58. The maximum Gasteiger partial charge on any atom is 0.338 e. The van der Waals surface area contributed by atoms with Crippen molar-refractivity contribution in [2.24, 2.45) is 17.8 Å². The second kappa shape index (κ2) is 12.5. The third-order valence-electron chi connectivity index (χ3n) is 6.69. The van der Waals surface area contributed by atoms with Gasteiger partial charge in [-0.15, -0.1) is 0 Å². The third kappa shape index (κ3) is 6.79. The summed E-state index contributed by atoms with van der Waals surface area (Å²) >= 11 is 0. The first-order valence-corrected chi connectivity index (χ1v) is 13.0. The van der Waals surface area contributed by atoms with E-state index in [1.54, 1.807) is 36.4 Å². The van der Waals surface area contributed by atoms with Crippen LogP contribution in [-0.4, -0.2) is 53.8 Å². The van der Waals surface area contributed by atoms with E-state index < -0.39 is 42.3 Å². The number of ether oxygens (including phenoxy) is 2. The van der Waals surface area contributed by atoms with E-state index in [0.29, 0.717) is 30.7 Å². The van der Waals surface area contributed by atoms with Gasteiger partial charge in [-0.2, -0.15) is 0 Å². The van der Waals surface area contributed by atoms with Gasteiger partial charge in [0, 0.05) is 12.1 Å². The monoisotopic (exact) mass is 532 g/mol. The summed E-state index contributed by atoms with van der Waals surface area (Å²) in [6, 6.07) is 14.0. The zero-order valence-electron chi connectivity index (χ0n) is 22.0. The van der Waals surface area contributed by atoms with Crippen LogP contribution < -0.4 is 5.32 Å². The van der Waals surface area contributed by atoms with Crippen molar-refractivity contribution in [1.82, 2.24) is 4.90 Å². The normalized spacial score (nSPS) is 19.0. The van der Waals surface area contributed by atoms with E-state index in [1.165, 1.54) is 12.1 Å². The molecule has 1 N–H and O–H groups in total. The fraction of sp³-hybridized carbons (Fsp3) is 0.367. The van der Waals surface area contributed by atoms with Gasteiger partial charge in [0.2, 0.25) is 11.8 Å². The molecule has 0 unspecified atom stereocenters. The molecular formula is C30H32N2O7. The Bertz CT molecular complexity index is 1230. The van der Waals surface area contributed by atoms with Gasteiger partial charge in [-0.25, -0.2) is 9.59 Å². The highest BCUT2D eigenvalue weighted by molar-refractivity contribution is 6.08. The number of esters is 2. The van der Waals surface area contributed by atoms with Crippen LogP contribution in [0.3, 0.4) is 0 Å². The molecule has 0 bridgehead atoms. The predicted molar refractivity (Wildman–Crippen MR) is 142 cm³/mol. The van der Waals surface area contributed by atoms with Gasteiger partial charge in [0.15, 0.2) is 6.61 Å². The average molecular weight is 533 g/mol. The van der Waals surface area contributed by atoms with Crippen LogP contribution in [-0.2, 0) is 35.1 Å². The molecule has 3 amide bonds. The number of nitrogens with zero attached hydrogens (tertiary/aromatic N) is 1. The highest BCUT2D eigenvalue weighted by Gasteiger charge is 2.51. The molecule has 0 radical (unpaired) electrons. The first-order valence-electron chi connectivity index (χ1n) is 13.0. The van der Waals surface area contributed by atoms with E-state index in [-0.39, 0.29) is 24.2 Å². The third-order valence-corrected chi connectivity index (χ3v) is 6.69. The number of hydrogen-bond acceptors (Lipinski definition) is 7. The van der Waals surface area contributed by atoms with Crippen LogP contribution in [0, 0.1) is 17.8 Å². The molecular weight excluding hydrogens is 500 g/mol. The molecule has 2 aliphatic rings. The number of nitrogens with one attached hydrogen (secondary N) is 1. The van der Waals surface area contributed by atoms with Crippen LogP contribution in [0.15, 0.2) is 66.7 Å². The molecule has 1 heterocycles. The molecule has 0 spiro atoms. The fourth-order valence-corrected chi connectivity index (χ4v) is 4.70. The van der Waals surface area contributed by atoms with Crippen molar-refractivity contribution in [3.8, 4) is 0 Å². The number of anilines is 1. The van der Waals surface area contributed by atoms with Crippen molar-refractivity contribution >= 4 is 35.3 Å². The summed E-state index contributed by atoms with van der Waals surface area (Å²) in [4.78, 5) is 65.2.